The van der Waals surface area contributed by atoms with Gasteiger partial charge in [0.2, 0.25) is 0 Å². The molecule has 1 atom stereocenters. The predicted octanol–water partition coefficient (Wildman–Crippen LogP) is 4.99. The molecule has 1 heteroatoms. The summed E-state index contributed by atoms with van der Waals surface area (Å²) in [5.41, 5.74) is 2.36. The second-order valence-electron chi connectivity index (χ2n) is 5.00. The molecule has 96 valence electrons. The minimum absolute atomic E-state index is 0.0176. The lowest BCUT2D eigenvalue weighted by atomic mass is 9.98. The molecule has 0 radical (unpaired) electrons. The summed E-state index contributed by atoms with van der Waals surface area (Å²) in [5.74, 6) is 0.952. The maximum Gasteiger partial charge on any atom is 0.143 e. The standard InChI is InChI=1S/C19H14O/c1-3-9-16-14(6-1)8-5-10-17(16)19-13-12-15-7-2-4-11-18(15)20-19/h1-13,19H/t19-/m1/s1. The molecule has 1 heterocycles. The first-order valence-electron chi connectivity index (χ1n) is 6.83. The summed E-state index contributed by atoms with van der Waals surface area (Å²) in [6.07, 6.45) is 4.26. The Morgan fingerprint density at radius 2 is 1.55 bits per heavy atom. The first-order valence-corrected chi connectivity index (χ1v) is 6.83. The second kappa shape index (κ2) is 4.53. The quantitative estimate of drug-likeness (QED) is 0.597. The van der Waals surface area contributed by atoms with E-state index >= 15 is 0 Å². The molecule has 0 aromatic heterocycles. The summed E-state index contributed by atoms with van der Waals surface area (Å²) in [6, 6.07) is 23.0. The van der Waals surface area contributed by atoms with E-state index in [2.05, 4.69) is 60.7 Å². The molecule has 0 unspecified atom stereocenters. The lowest BCUT2D eigenvalue weighted by Crippen LogP contribution is -2.09. The molecule has 3 aromatic carbocycles. The minimum Gasteiger partial charge on any atom is -0.481 e. The average molecular weight is 258 g/mol. The number of fused-ring (bicyclic) bond motifs is 2. The first kappa shape index (κ1) is 11.3. The zero-order valence-corrected chi connectivity index (χ0v) is 11.0. The van der Waals surface area contributed by atoms with Crippen molar-refractivity contribution in [3.8, 4) is 5.75 Å². The molecule has 0 spiro atoms. The number of hydrogen-bond acceptors (Lipinski definition) is 1. The zero-order chi connectivity index (χ0) is 13.4. The lowest BCUT2D eigenvalue weighted by molar-refractivity contribution is 0.253. The van der Waals surface area contributed by atoms with Crippen LogP contribution in [0, 0.1) is 0 Å². The van der Waals surface area contributed by atoms with E-state index in [1.807, 2.05) is 18.2 Å². The van der Waals surface area contributed by atoms with E-state index in [-0.39, 0.29) is 6.10 Å². The highest BCUT2D eigenvalue weighted by Crippen LogP contribution is 2.34. The maximum atomic E-state index is 6.14. The Labute approximate surface area is 118 Å². The Kier molecular flexibility index (Phi) is 2.56. The van der Waals surface area contributed by atoms with Crippen LogP contribution in [0.4, 0.5) is 0 Å². The summed E-state index contributed by atoms with van der Waals surface area (Å²) >= 11 is 0. The van der Waals surface area contributed by atoms with Gasteiger partial charge in [-0.25, -0.2) is 0 Å². The molecule has 0 bridgehead atoms. The van der Waals surface area contributed by atoms with E-state index < -0.39 is 0 Å². The van der Waals surface area contributed by atoms with Crippen molar-refractivity contribution in [2.24, 2.45) is 0 Å². The highest BCUT2D eigenvalue weighted by atomic mass is 16.5. The van der Waals surface area contributed by atoms with Crippen molar-refractivity contribution in [2.45, 2.75) is 6.10 Å². The van der Waals surface area contributed by atoms with Crippen molar-refractivity contribution in [2.75, 3.05) is 0 Å². The van der Waals surface area contributed by atoms with Gasteiger partial charge >= 0.3 is 0 Å². The van der Waals surface area contributed by atoms with Gasteiger partial charge in [0.15, 0.2) is 0 Å². The summed E-state index contributed by atoms with van der Waals surface area (Å²) < 4.78 is 6.14. The monoisotopic (exact) mass is 258 g/mol. The van der Waals surface area contributed by atoms with Crippen molar-refractivity contribution < 1.29 is 4.74 Å². The van der Waals surface area contributed by atoms with E-state index in [9.17, 15) is 0 Å². The Morgan fingerprint density at radius 3 is 2.55 bits per heavy atom. The van der Waals surface area contributed by atoms with Crippen molar-refractivity contribution in [3.63, 3.8) is 0 Å². The van der Waals surface area contributed by atoms with Gasteiger partial charge in [-0.15, -0.1) is 0 Å². The molecule has 4 rings (SSSR count). The van der Waals surface area contributed by atoms with Crippen molar-refractivity contribution in [3.05, 3.63) is 83.9 Å². The number of hydrogen-bond donors (Lipinski definition) is 0. The van der Waals surface area contributed by atoms with E-state index in [4.69, 9.17) is 4.74 Å². The zero-order valence-electron chi connectivity index (χ0n) is 11.0. The number of ether oxygens (including phenoxy) is 1. The normalized spacial score (nSPS) is 16.7. The van der Waals surface area contributed by atoms with Crippen LogP contribution in [0.25, 0.3) is 16.8 Å². The Bertz CT molecular complexity index is 796. The highest BCUT2D eigenvalue weighted by molar-refractivity contribution is 5.86. The van der Waals surface area contributed by atoms with Gasteiger partial charge < -0.3 is 4.74 Å². The molecular weight excluding hydrogens is 244 g/mol. The molecule has 0 N–H and O–H groups in total. The van der Waals surface area contributed by atoms with Gasteiger partial charge in [-0.2, -0.15) is 0 Å². The van der Waals surface area contributed by atoms with Crippen LogP contribution < -0.4 is 4.74 Å². The Balaban J connectivity index is 1.82. The van der Waals surface area contributed by atoms with Gasteiger partial charge in [-0.1, -0.05) is 66.7 Å². The van der Waals surface area contributed by atoms with E-state index in [0.29, 0.717) is 0 Å². The fourth-order valence-corrected chi connectivity index (χ4v) is 2.76. The molecule has 20 heavy (non-hydrogen) atoms. The summed E-state index contributed by atoms with van der Waals surface area (Å²) in [7, 11) is 0. The molecule has 3 aromatic rings. The average Bonchev–Trinajstić information content (AvgIpc) is 2.54. The fraction of sp³-hybridized carbons (Fsp3) is 0.0526. The summed E-state index contributed by atoms with van der Waals surface area (Å²) in [4.78, 5) is 0. The molecule has 0 saturated carbocycles. The molecule has 1 aliphatic rings. The molecular formula is C19H14O. The largest absolute Gasteiger partial charge is 0.481 e. The Hall–Kier alpha value is -2.54. The van der Waals surface area contributed by atoms with Gasteiger partial charge in [0, 0.05) is 11.1 Å². The topological polar surface area (TPSA) is 9.23 Å². The lowest BCUT2D eigenvalue weighted by Gasteiger charge is -2.22. The number of para-hydroxylation sites is 1. The van der Waals surface area contributed by atoms with Crippen LogP contribution in [0.5, 0.6) is 5.75 Å². The predicted molar refractivity (Wildman–Crippen MR) is 82.8 cm³/mol. The van der Waals surface area contributed by atoms with Crippen LogP contribution in [-0.4, -0.2) is 0 Å². The maximum absolute atomic E-state index is 6.14. The first-order chi connectivity index (χ1) is 9.92. The fourth-order valence-electron chi connectivity index (χ4n) is 2.76. The SMILES string of the molecule is C1=C[C@H](c2cccc3ccccc23)Oc2ccccc21. The van der Waals surface area contributed by atoms with Gasteiger partial charge in [-0.3, -0.25) is 0 Å². The van der Waals surface area contributed by atoms with Crippen LogP contribution in [0.15, 0.2) is 72.8 Å². The molecule has 1 aliphatic heterocycles. The van der Waals surface area contributed by atoms with Crippen LogP contribution in [0.3, 0.4) is 0 Å². The minimum atomic E-state index is -0.0176. The van der Waals surface area contributed by atoms with Gasteiger partial charge in [0.05, 0.1) is 0 Å². The van der Waals surface area contributed by atoms with Gasteiger partial charge in [0.1, 0.15) is 11.9 Å². The molecule has 0 saturated heterocycles. The van der Waals surface area contributed by atoms with Crippen molar-refractivity contribution in [1.29, 1.82) is 0 Å². The van der Waals surface area contributed by atoms with Crippen LogP contribution in [0.2, 0.25) is 0 Å². The Morgan fingerprint density at radius 1 is 0.750 bits per heavy atom. The second-order valence-corrected chi connectivity index (χ2v) is 5.00. The summed E-state index contributed by atoms with van der Waals surface area (Å²) in [6.45, 7) is 0. The molecule has 0 aliphatic carbocycles. The number of benzene rings is 3. The molecule has 1 nitrogen and oxygen atoms in total. The van der Waals surface area contributed by atoms with E-state index in [1.54, 1.807) is 0 Å². The third kappa shape index (κ3) is 1.79. The van der Waals surface area contributed by atoms with Crippen LogP contribution in [0.1, 0.15) is 17.2 Å². The van der Waals surface area contributed by atoms with E-state index in [1.165, 1.54) is 16.3 Å². The third-order valence-electron chi connectivity index (χ3n) is 3.75. The van der Waals surface area contributed by atoms with Crippen LogP contribution in [-0.2, 0) is 0 Å². The molecule has 0 fully saturated rings. The smallest absolute Gasteiger partial charge is 0.143 e. The third-order valence-corrected chi connectivity index (χ3v) is 3.75. The number of rotatable bonds is 1. The van der Waals surface area contributed by atoms with Gasteiger partial charge in [0.25, 0.3) is 0 Å². The van der Waals surface area contributed by atoms with E-state index in [0.717, 1.165) is 11.3 Å². The summed E-state index contributed by atoms with van der Waals surface area (Å²) in [5, 5.41) is 2.50. The highest BCUT2D eigenvalue weighted by Gasteiger charge is 2.17. The van der Waals surface area contributed by atoms with Crippen LogP contribution >= 0.6 is 0 Å². The van der Waals surface area contributed by atoms with Gasteiger partial charge in [-0.05, 0) is 22.9 Å². The van der Waals surface area contributed by atoms with Crippen molar-refractivity contribution >= 4 is 16.8 Å². The van der Waals surface area contributed by atoms with Crippen molar-refractivity contribution in [1.82, 2.24) is 0 Å². The molecule has 0 amide bonds.